The standard InChI is InChI=1S/C50H37N3/c1-35(37-17-7-3-8-18-37)51-50(52-36(2)38-19-9-4-10-20-38)45-31-43-25-15-16-26-46(43)47(32-45)40-27-29-42(30-28-40)49-34-44(39-21-11-5-12-22-39)33-48(53-49)41-23-13-6-14-24-41/h3-34H,1H2,2H3/b51-50-,52-36+. The van der Waals surface area contributed by atoms with E-state index in [1.807, 2.05) is 67.6 Å². The minimum atomic E-state index is 0.610. The van der Waals surface area contributed by atoms with Crippen molar-refractivity contribution in [2.45, 2.75) is 6.92 Å². The predicted molar refractivity (Wildman–Crippen MR) is 224 cm³/mol. The number of pyridine rings is 1. The van der Waals surface area contributed by atoms with Gasteiger partial charge in [-0.2, -0.15) is 0 Å². The van der Waals surface area contributed by atoms with Gasteiger partial charge in [-0.25, -0.2) is 15.0 Å². The van der Waals surface area contributed by atoms with E-state index in [2.05, 4.69) is 140 Å². The van der Waals surface area contributed by atoms with Crippen LogP contribution in [0.1, 0.15) is 23.6 Å². The molecule has 0 spiro atoms. The van der Waals surface area contributed by atoms with Crippen molar-refractivity contribution in [3.05, 3.63) is 217 Å². The Bertz CT molecular complexity index is 2530. The maximum absolute atomic E-state index is 5.16. The van der Waals surface area contributed by atoms with E-state index in [1.54, 1.807) is 0 Å². The van der Waals surface area contributed by atoms with Gasteiger partial charge in [0.15, 0.2) is 5.84 Å². The van der Waals surface area contributed by atoms with Crippen LogP contribution in [0.2, 0.25) is 0 Å². The van der Waals surface area contributed by atoms with Crippen molar-refractivity contribution in [3.8, 4) is 44.8 Å². The molecule has 0 atom stereocenters. The second kappa shape index (κ2) is 15.1. The summed E-state index contributed by atoms with van der Waals surface area (Å²) in [7, 11) is 0. The van der Waals surface area contributed by atoms with E-state index in [-0.39, 0.29) is 0 Å². The van der Waals surface area contributed by atoms with E-state index in [0.717, 1.165) is 77.9 Å². The van der Waals surface area contributed by atoms with Gasteiger partial charge < -0.3 is 0 Å². The van der Waals surface area contributed by atoms with E-state index in [0.29, 0.717) is 11.5 Å². The molecule has 0 N–H and O–H groups in total. The third-order valence-electron chi connectivity index (χ3n) is 9.43. The summed E-state index contributed by atoms with van der Waals surface area (Å²) >= 11 is 0. The van der Waals surface area contributed by atoms with E-state index < -0.39 is 0 Å². The Morgan fingerprint density at radius 3 is 1.58 bits per heavy atom. The number of nitrogens with zero attached hydrogens (tertiary/aromatic N) is 3. The third kappa shape index (κ3) is 7.42. The molecule has 0 fully saturated rings. The summed E-state index contributed by atoms with van der Waals surface area (Å²) in [6.45, 7) is 6.37. The van der Waals surface area contributed by atoms with Crippen LogP contribution in [0.4, 0.5) is 0 Å². The lowest BCUT2D eigenvalue weighted by Gasteiger charge is -2.14. The van der Waals surface area contributed by atoms with Crippen LogP contribution in [0, 0.1) is 0 Å². The predicted octanol–water partition coefficient (Wildman–Crippen LogP) is 12.8. The largest absolute Gasteiger partial charge is 0.248 e. The van der Waals surface area contributed by atoms with Crippen molar-refractivity contribution in [1.82, 2.24) is 4.98 Å². The minimum Gasteiger partial charge on any atom is -0.248 e. The minimum absolute atomic E-state index is 0.610. The summed E-state index contributed by atoms with van der Waals surface area (Å²) in [6, 6.07) is 67.1. The first-order valence-electron chi connectivity index (χ1n) is 17.8. The molecule has 0 radical (unpaired) electrons. The molecule has 0 bridgehead atoms. The summed E-state index contributed by atoms with van der Waals surface area (Å²) in [6.07, 6.45) is 0. The Hall–Kier alpha value is -6.97. The smallest absolute Gasteiger partial charge is 0.160 e. The Morgan fingerprint density at radius 1 is 0.434 bits per heavy atom. The zero-order chi connectivity index (χ0) is 36.0. The van der Waals surface area contributed by atoms with Crippen LogP contribution < -0.4 is 0 Å². The number of aliphatic imine (C=N–C) groups is 2. The number of hydrogen-bond acceptors (Lipinski definition) is 2. The first-order chi connectivity index (χ1) is 26.1. The highest BCUT2D eigenvalue weighted by atomic mass is 14.9. The highest BCUT2D eigenvalue weighted by Gasteiger charge is 2.14. The molecule has 0 aliphatic heterocycles. The van der Waals surface area contributed by atoms with Gasteiger partial charge in [0.1, 0.15) is 0 Å². The molecule has 252 valence electrons. The molecule has 1 aromatic heterocycles. The number of amidine groups is 1. The maximum atomic E-state index is 5.16. The molecule has 0 unspecified atom stereocenters. The van der Waals surface area contributed by atoms with Crippen LogP contribution in [0.25, 0.3) is 61.2 Å². The molecule has 7 aromatic carbocycles. The Balaban J connectivity index is 1.23. The quantitative estimate of drug-likeness (QED) is 0.116. The van der Waals surface area contributed by atoms with Crippen molar-refractivity contribution >= 4 is 28.0 Å². The Kier molecular flexibility index (Phi) is 9.46. The van der Waals surface area contributed by atoms with Gasteiger partial charge in [-0.15, -0.1) is 0 Å². The summed E-state index contributed by atoms with van der Waals surface area (Å²) in [4.78, 5) is 15.4. The molecular formula is C50H37N3. The second-order valence-corrected chi connectivity index (χ2v) is 13.0. The van der Waals surface area contributed by atoms with Crippen molar-refractivity contribution in [1.29, 1.82) is 0 Å². The highest BCUT2D eigenvalue weighted by Crippen LogP contribution is 2.34. The average molecular weight is 680 g/mol. The number of rotatable bonds is 8. The molecule has 53 heavy (non-hydrogen) atoms. The van der Waals surface area contributed by atoms with Crippen LogP contribution in [-0.4, -0.2) is 16.5 Å². The molecule has 1 heterocycles. The highest BCUT2D eigenvalue weighted by molar-refractivity contribution is 6.15. The third-order valence-corrected chi connectivity index (χ3v) is 9.43. The van der Waals surface area contributed by atoms with Crippen molar-refractivity contribution in [2.24, 2.45) is 9.98 Å². The van der Waals surface area contributed by atoms with Gasteiger partial charge in [-0.05, 0) is 75.3 Å². The van der Waals surface area contributed by atoms with Crippen LogP contribution >= 0.6 is 0 Å². The van der Waals surface area contributed by atoms with Gasteiger partial charge in [0.2, 0.25) is 0 Å². The normalized spacial score (nSPS) is 11.8. The molecule has 0 aliphatic carbocycles. The lowest BCUT2D eigenvalue weighted by molar-refractivity contribution is 1.32. The molecule has 8 rings (SSSR count). The van der Waals surface area contributed by atoms with Crippen molar-refractivity contribution < 1.29 is 0 Å². The zero-order valence-corrected chi connectivity index (χ0v) is 29.5. The van der Waals surface area contributed by atoms with Crippen LogP contribution in [0.15, 0.2) is 211 Å². The first-order valence-corrected chi connectivity index (χ1v) is 17.8. The fourth-order valence-electron chi connectivity index (χ4n) is 6.61. The molecule has 3 heteroatoms. The van der Waals surface area contributed by atoms with Gasteiger partial charge in [0, 0.05) is 22.4 Å². The summed E-state index contributed by atoms with van der Waals surface area (Å²) in [5, 5.41) is 2.27. The number of aromatic nitrogens is 1. The van der Waals surface area contributed by atoms with Gasteiger partial charge >= 0.3 is 0 Å². The van der Waals surface area contributed by atoms with Gasteiger partial charge in [-0.3, -0.25) is 0 Å². The van der Waals surface area contributed by atoms with E-state index in [9.17, 15) is 0 Å². The van der Waals surface area contributed by atoms with Crippen LogP contribution in [0.5, 0.6) is 0 Å². The molecule has 0 saturated heterocycles. The molecular weight excluding hydrogens is 643 g/mol. The molecule has 0 aliphatic rings. The molecule has 8 aromatic rings. The number of fused-ring (bicyclic) bond motifs is 1. The fraction of sp³-hybridized carbons (Fsp3) is 0.0200. The monoisotopic (exact) mass is 679 g/mol. The molecule has 0 saturated carbocycles. The fourth-order valence-corrected chi connectivity index (χ4v) is 6.61. The number of benzene rings is 7. The van der Waals surface area contributed by atoms with Gasteiger partial charge in [0.25, 0.3) is 0 Å². The number of hydrogen-bond donors (Lipinski definition) is 0. The SMILES string of the molecule is C=C(/N=C(\N=C(/C)c1ccccc1)c1cc(-c2ccc(-c3cc(-c4ccccc4)cc(-c4ccccc4)n3)cc2)c2ccccc2c1)c1ccccc1. The summed E-state index contributed by atoms with van der Waals surface area (Å²) < 4.78 is 0. The van der Waals surface area contributed by atoms with Gasteiger partial charge in [-0.1, -0.05) is 176 Å². The average Bonchev–Trinajstić information content (AvgIpc) is 3.24. The molecule has 0 amide bonds. The van der Waals surface area contributed by atoms with Gasteiger partial charge in [0.05, 0.1) is 17.1 Å². The second-order valence-electron chi connectivity index (χ2n) is 13.0. The van der Waals surface area contributed by atoms with E-state index in [1.165, 1.54) is 0 Å². The Morgan fingerprint density at radius 2 is 0.943 bits per heavy atom. The van der Waals surface area contributed by atoms with Crippen LogP contribution in [0.3, 0.4) is 0 Å². The van der Waals surface area contributed by atoms with E-state index in [4.69, 9.17) is 15.0 Å². The first kappa shape index (κ1) is 33.2. The van der Waals surface area contributed by atoms with E-state index >= 15 is 0 Å². The summed E-state index contributed by atoms with van der Waals surface area (Å²) in [5.74, 6) is 0.610. The lowest BCUT2D eigenvalue weighted by Crippen LogP contribution is -2.05. The topological polar surface area (TPSA) is 37.6 Å². The lowest BCUT2D eigenvalue weighted by atomic mass is 9.94. The zero-order valence-electron chi connectivity index (χ0n) is 29.5. The maximum Gasteiger partial charge on any atom is 0.160 e. The van der Waals surface area contributed by atoms with Crippen molar-refractivity contribution in [3.63, 3.8) is 0 Å². The van der Waals surface area contributed by atoms with Crippen molar-refractivity contribution in [2.75, 3.05) is 0 Å². The Labute approximate surface area is 311 Å². The van der Waals surface area contributed by atoms with Crippen LogP contribution in [-0.2, 0) is 0 Å². The summed E-state index contributed by atoms with van der Waals surface area (Å²) in [5.41, 5.74) is 12.9. The molecule has 3 nitrogen and oxygen atoms in total.